The van der Waals surface area contributed by atoms with Gasteiger partial charge in [-0.25, -0.2) is 22.3 Å². The lowest BCUT2D eigenvalue weighted by Crippen LogP contribution is -2.04. The van der Waals surface area contributed by atoms with E-state index in [1.54, 1.807) is 12.1 Å². The highest BCUT2D eigenvalue weighted by atomic mass is 32.2. The van der Waals surface area contributed by atoms with E-state index in [1.165, 1.54) is 35.0 Å². The van der Waals surface area contributed by atoms with E-state index in [0.29, 0.717) is 22.2 Å². The van der Waals surface area contributed by atoms with Crippen molar-refractivity contribution in [1.29, 1.82) is 0 Å². The molecule has 3 rings (SSSR count). The van der Waals surface area contributed by atoms with Gasteiger partial charge in [0.15, 0.2) is 9.84 Å². The zero-order valence-electron chi connectivity index (χ0n) is 14.8. The van der Waals surface area contributed by atoms with Crippen molar-refractivity contribution in [2.24, 2.45) is 5.73 Å². The molecule has 0 aliphatic heterocycles. The lowest BCUT2D eigenvalue weighted by molar-refractivity contribution is 0.0697. The minimum atomic E-state index is -3.46. The molecule has 0 radical (unpaired) electrons. The molecular weight excluding hydrogens is 387 g/mol. The van der Waals surface area contributed by atoms with Crippen LogP contribution in [0, 0.1) is 0 Å². The first-order chi connectivity index (χ1) is 13.2. The SMILES string of the molecule is CS(=O)(=O)c1cccc(-c2cc(C(=O)O)cc3c2nnn3C/C(F)=C/CN)c1. The highest BCUT2D eigenvalue weighted by molar-refractivity contribution is 7.90. The second-order valence-electron chi connectivity index (χ2n) is 6.13. The third-order valence-corrected chi connectivity index (χ3v) is 5.19. The van der Waals surface area contributed by atoms with Crippen LogP contribution in [-0.2, 0) is 16.4 Å². The minimum absolute atomic E-state index is 0.0162. The number of aromatic nitrogens is 3. The van der Waals surface area contributed by atoms with Crippen LogP contribution in [-0.4, -0.2) is 47.3 Å². The number of fused-ring (bicyclic) bond motifs is 1. The summed E-state index contributed by atoms with van der Waals surface area (Å²) >= 11 is 0. The molecule has 3 N–H and O–H groups in total. The first-order valence-electron chi connectivity index (χ1n) is 8.16. The molecule has 0 amide bonds. The predicted molar refractivity (Wildman–Crippen MR) is 101 cm³/mol. The fourth-order valence-corrected chi connectivity index (χ4v) is 3.42. The van der Waals surface area contributed by atoms with Crippen molar-refractivity contribution in [2.45, 2.75) is 11.4 Å². The van der Waals surface area contributed by atoms with E-state index < -0.39 is 21.6 Å². The molecular formula is C18H17FN4O4S. The van der Waals surface area contributed by atoms with E-state index in [9.17, 15) is 22.7 Å². The van der Waals surface area contributed by atoms with Gasteiger partial charge in [0, 0.05) is 18.4 Å². The number of sulfone groups is 1. The molecule has 0 fully saturated rings. The quantitative estimate of drug-likeness (QED) is 0.643. The Morgan fingerprint density at radius 2 is 2.07 bits per heavy atom. The van der Waals surface area contributed by atoms with Crippen LogP contribution in [0.2, 0.25) is 0 Å². The summed E-state index contributed by atoms with van der Waals surface area (Å²) in [6.07, 6.45) is 2.27. The highest BCUT2D eigenvalue weighted by Crippen LogP contribution is 2.30. The van der Waals surface area contributed by atoms with Gasteiger partial charge in [-0.1, -0.05) is 17.3 Å². The lowest BCUT2D eigenvalue weighted by Gasteiger charge is -2.08. The Kier molecular flexibility index (Phi) is 5.25. The summed E-state index contributed by atoms with van der Waals surface area (Å²) in [5.74, 6) is -1.72. The van der Waals surface area contributed by atoms with Gasteiger partial charge in [0.25, 0.3) is 0 Å². The first kappa shape index (κ1) is 19.6. The largest absolute Gasteiger partial charge is 0.478 e. The molecule has 0 bridgehead atoms. The number of hydrogen-bond acceptors (Lipinski definition) is 6. The molecule has 28 heavy (non-hydrogen) atoms. The Labute approximate surface area is 160 Å². The Bertz CT molecular complexity index is 1200. The second-order valence-corrected chi connectivity index (χ2v) is 8.15. The van der Waals surface area contributed by atoms with Crippen LogP contribution >= 0.6 is 0 Å². The van der Waals surface area contributed by atoms with Gasteiger partial charge >= 0.3 is 5.97 Å². The number of carboxylic acid groups (broad SMARTS) is 1. The van der Waals surface area contributed by atoms with Gasteiger partial charge in [-0.3, -0.25) is 0 Å². The van der Waals surface area contributed by atoms with Crippen LogP contribution in [0.1, 0.15) is 10.4 Å². The van der Waals surface area contributed by atoms with Crippen LogP contribution < -0.4 is 5.73 Å². The summed E-state index contributed by atoms with van der Waals surface area (Å²) in [7, 11) is -3.46. The van der Waals surface area contributed by atoms with E-state index in [-0.39, 0.29) is 23.5 Å². The molecule has 1 heterocycles. The maximum atomic E-state index is 13.9. The van der Waals surface area contributed by atoms with E-state index >= 15 is 0 Å². The van der Waals surface area contributed by atoms with Crippen LogP contribution in [0.3, 0.4) is 0 Å². The standard InChI is InChI=1S/C18H17FN4O4S/c1-28(26,27)14-4-2-3-11(7-14)15-8-12(18(24)25)9-16-17(15)21-22-23(16)10-13(19)5-6-20/h2-5,7-9H,6,10,20H2,1H3,(H,24,25)/b13-5-. The molecule has 10 heteroatoms. The lowest BCUT2D eigenvalue weighted by atomic mass is 10.0. The van der Waals surface area contributed by atoms with Gasteiger partial charge in [-0.05, 0) is 35.9 Å². The molecule has 0 saturated carbocycles. The van der Waals surface area contributed by atoms with Crippen molar-refractivity contribution in [2.75, 3.05) is 12.8 Å². The smallest absolute Gasteiger partial charge is 0.335 e. The summed E-state index contributed by atoms with van der Waals surface area (Å²) < 4.78 is 38.8. The van der Waals surface area contributed by atoms with Crippen LogP contribution in [0.25, 0.3) is 22.2 Å². The molecule has 2 aromatic carbocycles. The van der Waals surface area contributed by atoms with Gasteiger partial charge in [0.1, 0.15) is 11.3 Å². The van der Waals surface area contributed by atoms with Crippen molar-refractivity contribution in [3.63, 3.8) is 0 Å². The third-order valence-electron chi connectivity index (χ3n) is 4.08. The van der Waals surface area contributed by atoms with Gasteiger partial charge in [0.05, 0.1) is 22.5 Å². The van der Waals surface area contributed by atoms with Crippen LogP contribution in [0.5, 0.6) is 0 Å². The number of aromatic carboxylic acids is 1. The topological polar surface area (TPSA) is 128 Å². The average molecular weight is 404 g/mol. The molecule has 0 atom stereocenters. The van der Waals surface area contributed by atoms with E-state index in [1.807, 2.05) is 0 Å². The normalized spacial score (nSPS) is 12.5. The number of nitrogens with two attached hydrogens (primary N) is 1. The van der Waals surface area contributed by atoms with Crippen molar-refractivity contribution >= 4 is 26.8 Å². The number of halogens is 1. The monoisotopic (exact) mass is 404 g/mol. The van der Waals surface area contributed by atoms with Gasteiger partial charge in [-0.15, -0.1) is 5.10 Å². The Morgan fingerprint density at radius 3 is 2.71 bits per heavy atom. The summed E-state index contributed by atoms with van der Waals surface area (Å²) in [6.45, 7) is -0.234. The Hall–Kier alpha value is -3.11. The minimum Gasteiger partial charge on any atom is -0.478 e. The van der Waals surface area contributed by atoms with Crippen molar-refractivity contribution in [1.82, 2.24) is 15.0 Å². The number of carboxylic acids is 1. The van der Waals surface area contributed by atoms with Crippen molar-refractivity contribution < 1.29 is 22.7 Å². The Morgan fingerprint density at radius 1 is 1.32 bits per heavy atom. The maximum Gasteiger partial charge on any atom is 0.335 e. The molecule has 0 spiro atoms. The molecule has 0 unspecified atom stereocenters. The maximum absolute atomic E-state index is 13.9. The number of carbonyl (C=O) groups is 1. The van der Waals surface area contributed by atoms with Crippen LogP contribution in [0.4, 0.5) is 4.39 Å². The second kappa shape index (κ2) is 7.49. The van der Waals surface area contributed by atoms with Crippen LogP contribution in [0.15, 0.2) is 53.2 Å². The summed E-state index contributed by atoms with van der Waals surface area (Å²) in [4.78, 5) is 11.7. The summed E-state index contributed by atoms with van der Waals surface area (Å²) in [5, 5.41) is 17.4. The number of allylic oxidation sites excluding steroid dienone is 1. The first-order valence-corrected chi connectivity index (χ1v) is 10.1. The van der Waals surface area contributed by atoms with Crippen molar-refractivity contribution in [3.8, 4) is 11.1 Å². The molecule has 0 aliphatic carbocycles. The summed E-state index contributed by atoms with van der Waals surface area (Å²) in [5.41, 5.74) is 6.72. The highest BCUT2D eigenvalue weighted by Gasteiger charge is 2.18. The van der Waals surface area contributed by atoms with E-state index in [2.05, 4.69) is 10.3 Å². The number of nitrogens with zero attached hydrogens (tertiary/aromatic N) is 3. The van der Waals surface area contributed by atoms with E-state index in [0.717, 1.165) is 6.26 Å². The third kappa shape index (κ3) is 3.92. The predicted octanol–water partition coefficient (Wildman–Crippen LogP) is 2.01. The Balaban J connectivity index is 2.24. The molecule has 0 saturated heterocycles. The summed E-state index contributed by atoms with van der Waals surface area (Å²) in [6, 6.07) is 8.81. The molecule has 1 aromatic heterocycles. The van der Waals surface area contributed by atoms with Gasteiger partial charge < -0.3 is 10.8 Å². The fraction of sp³-hybridized carbons (Fsp3) is 0.167. The number of benzene rings is 2. The van der Waals surface area contributed by atoms with E-state index in [4.69, 9.17) is 5.73 Å². The zero-order valence-corrected chi connectivity index (χ0v) is 15.6. The molecule has 8 nitrogen and oxygen atoms in total. The molecule has 0 aliphatic rings. The number of rotatable bonds is 6. The molecule has 146 valence electrons. The number of hydrogen-bond donors (Lipinski definition) is 2. The fourth-order valence-electron chi connectivity index (χ4n) is 2.76. The molecule has 3 aromatic rings. The van der Waals surface area contributed by atoms with Gasteiger partial charge in [0.2, 0.25) is 0 Å². The average Bonchev–Trinajstić information content (AvgIpc) is 3.03. The zero-order chi connectivity index (χ0) is 20.5. The van der Waals surface area contributed by atoms with Crippen molar-refractivity contribution in [3.05, 3.63) is 53.9 Å². The van der Waals surface area contributed by atoms with Gasteiger partial charge in [-0.2, -0.15) is 0 Å².